The van der Waals surface area contributed by atoms with Crippen LogP contribution in [0.4, 0.5) is 5.69 Å². The third-order valence-electron chi connectivity index (χ3n) is 4.94. The van der Waals surface area contributed by atoms with Crippen molar-refractivity contribution in [2.24, 2.45) is 7.05 Å². The summed E-state index contributed by atoms with van der Waals surface area (Å²) in [5.41, 5.74) is 5.71. The van der Waals surface area contributed by atoms with Crippen molar-refractivity contribution in [2.45, 2.75) is 26.2 Å². The summed E-state index contributed by atoms with van der Waals surface area (Å²) in [5.74, 6) is 0.705. The van der Waals surface area contributed by atoms with Gasteiger partial charge in [0.2, 0.25) is 5.91 Å². The number of anilines is 1. The second-order valence-electron chi connectivity index (χ2n) is 7.40. The maximum atomic E-state index is 12.4. The molecule has 7 nitrogen and oxygen atoms in total. The molecule has 0 saturated heterocycles. The summed E-state index contributed by atoms with van der Waals surface area (Å²) >= 11 is 0. The first-order chi connectivity index (χ1) is 15.1. The Labute approximate surface area is 181 Å². The molecule has 1 amide bonds. The van der Waals surface area contributed by atoms with Crippen LogP contribution in [-0.2, 0) is 31.1 Å². The van der Waals surface area contributed by atoms with E-state index in [0.717, 1.165) is 45.9 Å². The van der Waals surface area contributed by atoms with Crippen LogP contribution in [0.25, 0.3) is 11.1 Å². The molecular weight excluding hydrogens is 388 g/mol. The molecule has 156 valence electrons. The Kier molecular flexibility index (Phi) is 6.12. The minimum Gasteiger partial charge on any atom is -0.326 e. The predicted octanol–water partition coefficient (Wildman–Crippen LogP) is 3.61. The molecule has 0 radical (unpaired) electrons. The molecule has 3 aromatic heterocycles. The molecular formula is C24H24N6O. The van der Waals surface area contributed by atoms with E-state index in [0.29, 0.717) is 12.8 Å². The van der Waals surface area contributed by atoms with Crippen molar-refractivity contribution < 1.29 is 4.79 Å². The third-order valence-corrected chi connectivity index (χ3v) is 4.94. The number of carbonyl (C=O) groups is 1. The Hall–Kier alpha value is -3.87. The predicted molar refractivity (Wildman–Crippen MR) is 119 cm³/mol. The van der Waals surface area contributed by atoms with E-state index >= 15 is 0 Å². The standard InChI is InChI=1S/C24H24N6O/c1-3-21-12-22(8-9-25-21)29-24(31)11-17-4-6-19(7-5-17)20-14-26-23(27-15-20)10-18-13-28-30(2)16-18/h4-9,12-16H,3,10-11H2,1-2H3,(H,25,29,31). The molecule has 0 aliphatic carbocycles. The number of benzene rings is 1. The number of aromatic nitrogens is 5. The monoisotopic (exact) mass is 412 g/mol. The van der Waals surface area contributed by atoms with E-state index < -0.39 is 0 Å². The Balaban J connectivity index is 1.36. The van der Waals surface area contributed by atoms with Gasteiger partial charge in [-0.25, -0.2) is 9.97 Å². The molecule has 0 spiro atoms. The molecule has 0 unspecified atom stereocenters. The molecule has 31 heavy (non-hydrogen) atoms. The van der Waals surface area contributed by atoms with Crippen LogP contribution in [0.5, 0.6) is 0 Å². The van der Waals surface area contributed by atoms with E-state index in [9.17, 15) is 4.79 Å². The van der Waals surface area contributed by atoms with Gasteiger partial charge in [-0.15, -0.1) is 0 Å². The lowest BCUT2D eigenvalue weighted by Gasteiger charge is -2.07. The summed E-state index contributed by atoms with van der Waals surface area (Å²) in [4.78, 5) is 25.6. The highest BCUT2D eigenvalue weighted by Gasteiger charge is 2.07. The first-order valence-electron chi connectivity index (χ1n) is 10.2. The molecule has 4 rings (SSSR count). The van der Waals surface area contributed by atoms with Gasteiger partial charge >= 0.3 is 0 Å². The number of hydrogen-bond donors (Lipinski definition) is 1. The van der Waals surface area contributed by atoms with E-state index in [1.165, 1.54) is 0 Å². The largest absolute Gasteiger partial charge is 0.326 e. The first kappa shape index (κ1) is 20.4. The fourth-order valence-electron chi connectivity index (χ4n) is 3.30. The Morgan fingerprint density at radius 3 is 2.42 bits per heavy atom. The maximum Gasteiger partial charge on any atom is 0.228 e. The van der Waals surface area contributed by atoms with Crippen LogP contribution in [-0.4, -0.2) is 30.6 Å². The second kappa shape index (κ2) is 9.30. The molecule has 0 atom stereocenters. The van der Waals surface area contributed by atoms with Gasteiger partial charge in [0.05, 0.1) is 12.6 Å². The number of hydrogen-bond acceptors (Lipinski definition) is 5. The number of amides is 1. The van der Waals surface area contributed by atoms with Crippen LogP contribution in [0.3, 0.4) is 0 Å². The summed E-state index contributed by atoms with van der Waals surface area (Å²) in [6, 6.07) is 11.6. The van der Waals surface area contributed by atoms with Crippen LogP contribution < -0.4 is 5.32 Å². The SMILES string of the molecule is CCc1cc(NC(=O)Cc2ccc(-c3cnc(Cc4cnn(C)c4)nc3)cc2)ccn1. The number of pyridine rings is 1. The molecule has 0 aliphatic heterocycles. The number of carbonyl (C=O) groups excluding carboxylic acids is 1. The minimum atomic E-state index is -0.0518. The molecule has 1 N–H and O–H groups in total. The van der Waals surface area contributed by atoms with Crippen molar-refractivity contribution in [3.63, 3.8) is 0 Å². The summed E-state index contributed by atoms with van der Waals surface area (Å²) < 4.78 is 1.77. The van der Waals surface area contributed by atoms with Crippen molar-refractivity contribution >= 4 is 11.6 Å². The van der Waals surface area contributed by atoms with Crippen LogP contribution in [0, 0.1) is 0 Å². The zero-order chi connectivity index (χ0) is 21.6. The zero-order valence-corrected chi connectivity index (χ0v) is 17.6. The van der Waals surface area contributed by atoms with E-state index in [1.807, 2.05) is 69.1 Å². The topological polar surface area (TPSA) is 85.6 Å². The third kappa shape index (κ3) is 5.39. The van der Waals surface area contributed by atoms with Gasteiger partial charge in [-0.2, -0.15) is 5.10 Å². The lowest BCUT2D eigenvalue weighted by Crippen LogP contribution is -2.14. The number of rotatable bonds is 7. The van der Waals surface area contributed by atoms with Crippen LogP contribution in [0.1, 0.15) is 29.6 Å². The smallest absolute Gasteiger partial charge is 0.228 e. The number of nitrogens with zero attached hydrogens (tertiary/aromatic N) is 5. The van der Waals surface area contributed by atoms with Crippen LogP contribution in [0.2, 0.25) is 0 Å². The highest BCUT2D eigenvalue weighted by molar-refractivity contribution is 5.92. The van der Waals surface area contributed by atoms with Crippen molar-refractivity contribution in [2.75, 3.05) is 5.32 Å². The van der Waals surface area contributed by atoms with E-state index in [2.05, 4.69) is 25.4 Å². The molecule has 0 saturated carbocycles. The highest BCUT2D eigenvalue weighted by atomic mass is 16.1. The van der Waals surface area contributed by atoms with Gasteiger partial charge in [0.15, 0.2) is 0 Å². The zero-order valence-electron chi connectivity index (χ0n) is 17.6. The Morgan fingerprint density at radius 1 is 0.968 bits per heavy atom. The average Bonchev–Trinajstić information content (AvgIpc) is 3.19. The number of aryl methyl sites for hydroxylation is 2. The van der Waals surface area contributed by atoms with Crippen molar-refractivity contribution in [1.29, 1.82) is 0 Å². The summed E-state index contributed by atoms with van der Waals surface area (Å²) in [7, 11) is 1.89. The van der Waals surface area contributed by atoms with E-state index in [1.54, 1.807) is 16.9 Å². The molecule has 0 fully saturated rings. The van der Waals surface area contributed by atoms with E-state index in [4.69, 9.17) is 0 Å². The summed E-state index contributed by atoms with van der Waals surface area (Å²) in [5, 5.41) is 7.10. The molecule has 7 heteroatoms. The van der Waals surface area contributed by atoms with Crippen molar-refractivity contribution in [3.05, 3.63) is 90.0 Å². The van der Waals surface area contributed by atoms with Gasteiger partial charge in [0.1, 0.15) is 5.82 Å². The van der Waals surface area contributed by atoms with Gasteiger partial charge in [-0.1, -0.05) is 31.2 Å². The van der Waals surface area contributed by atoms with Gasteiger partial charge < -0.3 is 5.32 Å². The quantitative estimate of drug-likeness (QED) is 0.501. The highest BCUT2D eigenvalue weighted by Crippen LogP contribution is 2.19. The summed E-state index contributed by atoms with van der Waals surface area (Å²) in [6.45, 7) is 2.04. The molecule has 0 bridgehead atoms. The fourth-order valence-corrected chi connectivity index (χ4v) is 3.30. The normalized spacial score (nSPS) is 10.8. The molecule has 3 heterocycles. The van der Waals surface area contributed by atoms with Gasteiger partial charge in [-0.05, 0) is 35.2 Å². The van der Waals surface area contributed by atoms with Gasteiger partial charge in [-0.3, -0.25) is 14.5 Å². The first-order valence-corrected chi connectivity index (χ1v) is 10.2. The lowest BCUT2D eigenvalue weighted by atomic mass is 10.0. The molecule has 0 aliphatic rings. The minimum absolute atomic E-state index is 0.0518. The number of nitrogens with one attached hydrogen (secondary N) is 1. The second-order valence-corrected chi connectivity index (χ2v) is 7.40. The maximum absolute atomic E-state index is 12.4. The van der Waals surface area contributed by atoms with Gasteiger partial charge in [0, 0.05) is 55.2 Å². The van der Waals surface area contributed by atoms with Crippen LogP contribution in [0.15, 0.2) is 67.4 Å². The van der Waals surface area contributed by atoms with Crippen molar-refractivity contribution in [1.82, 2.24) is 24.7 Å². The van der Waals surface area contributed by atoms with Crippen molar-refractivity contribution in [3.8, 4) is 11.1 Å². The van der Waals surface area contributed by atoms with E-state index in [-0.39, 0.29) is 5.91 Å². The summed E-state index contributed by atoms with van der Waals surface area (Å²) in [6.07, 6.45) is 11.0. The average molecular weight is 412 g/mol. The molecule has 1 aromatic carbocycles. The lowest BCUT2D eigenvalue weighted by molar-refractivity contribution is -0.115. The Bertz CT molecular complexity index is 1170. The van der Waals surface area contributed by atoms with Gasteiger partial charge in [0.25, 0.3) is 0 Å². The molecule has 4 aromatic rings. The Morgan fingerprint density at radius 2 is 1.74 bits per heavy atom. The fraction of sp³-hybridized carbons (Fsp3) is 0.208. The van der Waals surface area contributed by atoms with Crippen LogP contribution >= 0.6 is 0 Å².